The van der Waals surface area contributed by atoms with Crippen molar-refractivity contribution >= 4 is 0 Å². The molecule has 0 fully saturated rings. The zero-order valence-corrected chi connectivity index (χ0v) is 8.50. The van der Waals surface area contributed by atoms with Gasteiger partial charge in [0, 0.05) is 0 Å². The van der Waals surface area contributed by atoms with Gasteiger partial charge in [-0.15, -0.1) is 0 Å². The van der Waals surface area contributed by atoms with Crippen molar-refractivity contribution in [3.8, 4) is 17.6 Å². The van der Waals surface area contributed by atoms with Gasteiger partial charge in [0.05, 0.1) is 19.6 Å². The number of methoxy groups -OCH3 is 1. The van der Waals surface area contributed by atoms with Crippen LogP contribution in [0.2, 0.25) is 0 Å². The van der Waals surface area contributed by atoms with Crippen LogP contribution in [0.15, 0.2) is 18.2 Å². The molecule has 3 nitrogen and oxygen atoms in total. The Morgan fingerprint density at radius 3 is 2.80 bits per heavy atom. The fourth-order valence-electron chi connectivity index (χ4n) is 1.18. The molecule has 0 saturated heterocycles. The van der Waals surface area contributed by atoms with Gasteiger partial charge in [-0.2, -0.15) is 5.26 Å². The molecule has 0 amide bonds. The molecule has 1 aromatic rings. The van der Waals surface area contributed by atoms with E-state index in [9.17, 15) is 4.39 Å². The first-order valence-corrected chi connectivity index (χ1v) is 4.54. The Hall–Kier alpha value is -1.76. The minimum absolute atomic E-state index is 0.00757. The maximum atomic E-state index is 11.9. The molecule has 0 N–H and O–H groups in total. The molecule has 0 radical (unpaired) electrons. The Balaban J connectivity index is 2.87. The first-order chi connectivity index (χ1) is 7.31. The summed E-state index contributed by atoms with van der Waals surface area (Å²) in [7, 11) is 1.52. The highest BCUT2D eigenvalue weighted by atomic mass is 19.1. The van der Waals surface area contributed by atoms with E-state index in [0.717, 1.165) is 5.56 Å². The van der Waals surface area contributed by atoms with Gasteiger partial charge < -0.3 is 9.47 Å². The molecular weight excluding hydrogens is 197 g/mol. The highest BCUT2D eigenvalue weighted by Crippen LogP contribution is 2.28. The minimum Gasteiger partial charge on any atom is -0.493 e. The van der Waals surface area contributed by atoms with Gasteiger partial charge in [0.15, 0.2) is 11.5 Å². The smallest absolute Gasteiger partial charge is 0.161 e. The number of halogens is 1. The fraction of sp³-hybridized carbons (Fsp3) is 0.364. The normalized spacial score (nSPS) is 9.40. The molecule has 0 bridgehead atoms. The molecule has 0 heterocycles. The van der Waals surface area contributed by atoms with E-state index in [1.165, 1.54) is 7.11 Å². The molecule has 0 aliphatic carbocycles. The van der Waals surface area contributed by atoms with Gasteiger partial charge >= 0.3 is 0 Å². The summed E-state index contributed by atoms with van der Waals surface area (Å²) in [6.07, 6.45) is 0.302. The van der Waals surface area contributed by atoms with Crippen LogP contribution in [0.1, 0.15) is 5.56 Å². The molecule has 0 atom stereocenters. The van der Waals surface area contributed by atoms with Crippen molar-refractivity contribution < 1.29 is 13.9 Å². The van der Waals surface area contributed by atoms with Gasteiger partial charge in [-0.1, -0.05) is 6.07 Å². The quantitative estimate of drug-likeness (QED) is 0.745. The number of benzene rings is 1. The molecule has 0 aliphatic heterocycles. The monoisotopic (exact) mass is 209 g/mol. The van der Waals surface area contributed by atoms with Crippen LogP contribution in [0, 0.1) is 11.3 Å². The molecule has 0 aliphatic rings. The van der Waals surface area contributed by atoms with Crippen LogP contribution in [0.4, 0.5) is 4.39 Å². The lowest BCUT2D eigenvalue weighted by atomic mass is 10.1. The maximum absolute atomic E-state index is 11.9. The lowest BCUT2D eigenvalue weighted by Gasteiger charge is -2.10. The third-order valence-electron chi connectivity index (χ3n) is 1.85. The Labute approximate surface area is 88.0 Å². The van der Waals surface area contributed by atoms with Gasteiger partial charge in [-0.25, -0.2) is 4.39 Å². The van der Waals surface area contributed by atoms with E-state index in [1.807, 2.05) is 6.07 Å². The van der Waals surface area contributed by atoms with E-state index in [4.69, 9.17) is 14.7 Å². The number of hydrogen-bond donors (Lipinski definition) is 0. The third kappa shape index (κ3) is 3.13. The number of nitrogens with zero attached hydrogens (tertiary/aromatic N) is 1. The van der Waals surface area contributed by atoms with E-state index in [1.54, 1.807) is 18.2 Å². The van der Waals surface area contributed by atoms with E-state index < -0.39 is 6.67 Å². The zero-order valence-electron chi connectivity index (χ0n) is 8.50. The largest absolute Gasteiger partial charge is 0.493 e. The second-order valence-corrected chi connectivity index (χ2v) is 2.86. The predicted molar refractivity (Wildman–Crippen MR) is 53.8 cm³/mol. The van der Waals surface area contributed by atoms with Gasteiger partial charge in [0.25, 0.3) is 0 Å². The molecule has 80 valence electrons. The fourth-order valence-corrected chi connectivity index (χ4v) is 1.18. The lowest BCUT2D eigenvalue weighted by molar-refractivity contribution is 0.260. The predicted octanol–water partition coefficient (Wildman–Crippen LogP) is 2.11. The van der Waals surface area contributed by atoms with E-state index in [0.29, 0.717) is 17.9 Å². The third-order valence-corrected chi connectivity index (χ3v) is 1.85. The minimum atomic E-state index is -0.550. The zero-order chi connectivity index (χ0) is 11.1. The van der Waals surface area contributed by atoms with Gasteiger partial charge in [0.2, 0.25) is 0 Å². The molecule has 15 heavy (non-hydrogen) atoms. The SMILES string of the molecule is COc1ccc(CC#N)cc1OCCF. The Bertz CT molecular complexity index is 360. The summed E-state index contributed by atoms with van der Waals surface area (Å²) in [5.41, 5.74) is 0.826. The summed E-state index contributed by atoms with van der Waals surface area (Å²) in [6.45, 7) is -0.558. The topological polar surface area (TPSA) is 42.2 Å². The molecular formula is C11H12FNO2. The first-order valence-electron chi connectivity index (χ1n) is 4.54. The van der Waals surface area contributed by atoms with Crippen LogP contribution in [0.5, 0.6) is 11.5 Å². The number of hydrogen-bond acceptors (Lipinski definition) is 3. The van der Waals surface area contributed by atoms with Crippen LogP contribution in [0.3, 0.4) is 0 Å². The highest BCUT2D eigenvalue weighted by Gasteiger charge is 2.05. The highest BCUT2D eigenvalue weighted by molar-refractivity contribution is 5.43. The van der Waals surface area contributed by atoms with E-state index in [-0.39, 0.29) is 6.61 Å². The summed E-state index contributed by atoms with van der Waals surface area (Å²) >= 11 is 0. The van der Waals surface area contributed by atoms with E-state index >= 15 is 0 Å². The summed E-state index contributed by atoms with van der Waals surface area (Å²) in [5.74, 6) is 1.02. The van der Waals surface area contributed by atoms with Crippen molar-refractivity contribution in [1.82, 2.24) is 0 Å². The van der Waals surface area contributed by atoms with Crippen molar-refractivity contribution in [2.75, 3.05) is 20.4 Å². The van der Waals surface area contributed by atoms with Crippen molar-refractivity contribution in [1.29, 1.82) is 5.26 Å². The van der Waals surface area contributed by atoms with Crippen molar-refractivity contribution in [2.24, 2.45) is 0 Å². The number of alkyl halides is 1. The van der Waals surface area contributed by atoms with Gasteiger partial charge in [-0.05, 0) is 17.7 Å². The number of rotatable bonds is 5. The van der Waals surface area contributed by atoms with E-state index in [2.05, 4.69) is 0 Å². The standard InChI is InChI=1S/C11H12FNO2/c1-14-10-3-2-9(4-6-13)8-11(10)15-7-5-12/h2-3,8H,4-5,7H2,1H3. The van der Waals surface area contributed by atoms with Gasteiger partial charge in [0.1, 0.15) is 13.3 Å². The van der Waals surface area contributed by atoms with Crippen molar-refractivity contribution in [3.63, 3.8) is 0 Å². The van der Waals surface area contributed by atoms with Crippen LogP contribution in [0.25, 0.3) is 0 Å². The summed E-state index contributed by atoms with van der Waals surface area (Å²) in [6, 6.07) is 7.22. The molecule has 0 saturated carbocycles. The summed E-state index contributed by atoms with van der Waals surface area (Å²) < 4.78 is 22.1. The molecule has 0 unspecified atom stereocenters. The molecule has 0 aromatic heterocycles. The number of nitriles is 1. The Kier molecular flexibility index (Phi) is 4.42. The van der Waals surface area contributed by atoms with Crippen molar-refractivity contribution in [3.05, 3.63) is 23.8 Å². The average Bonchev–Trinajstić information content (AvgIpc) is 2.27. The molecule has 1 aromatic carbocycles. The Morgan fingerprint density at radius 2 is 2.20 bits per heavy atom. The second kappa shape index (κ2) is 5.86. The van der Waals surface area contributed by atoms with Crippen LogP contribution in [-0.4, -0.2) is 20.4 Å². The number of ether oxygens (including phenoxy) is 2. The summed E-state index contributed by atoms with van der Waals surface area (Å²) in [4.78, 5) is 0. The maximum Gasteiger partial charge on any atom is 0.161 e. The van der Waals surface area contributed by atoms with Crippen molar-refractivity contribution in [2.45, 2.75) is 6.42 Å². The summed E-state index contributed by atoms with van der Waals surface area (Å²) in [5, 5.41) is 8.53. The lowest BCUT2D eigenvalue weighted by Crippen LogP contribution is -2.01. The van der Waals surface area contributed by atoms with Crippen LogP contribution in [-0.2, 0) is 6.42 Å². The van der Waals surface area contributed by atoms with Crippen LogP contribution >= 0.6 is 0 Å². The second-order valence-electron chi connectivity index (χ2n) is 2.86. The molecule has 1 rings (SSSR count). The molecule has 0 spiro atoms. The molecule has 4 heteroatoms. The first kappa shape index (κ1) is 11.3. The Morgan fingerprint density at radius 1 is 1.40 bits per heavy atom. The van der Waals surface area contributed by atoms with Crippen LogP contribution < -0.4 is 9.47 Å². The average molecular weight is 209 g/mol. The van der Waals surface area contributed by atoms with Gasteiger partial charge in [-0.3, -0.25) is 0 Å².